The minimum atomic E-state index is 0.629. The van der Waals surface area contributed by atoms with Crippen LogP contribution in [-0.4, -0.2) is 36.2 Å². The molecule has 0 aliphatic carbocycles. The van der Waals surface area contributed by atoms with Crippen molar-refractivity contribution in [1.82, 2.24) is 29.1 Å². The predicted molar refractivity (Wildman–Crippen MR) is 107 cm³/mol. The van der Waals surface area contributed by atoms with Crippen molar-refractivity contribution in [2.45, 2.75) is 13.8 Å². The van der Waals surface area contributed by atoms with E-state index < -0.39 is 0 Å². The van der Waals surface area contributed by atoms with E-state index in [1.54, 1.807) is 30.3 Å². The lowest BCUT2D eigenvalue weighted by Crippen LogP contribution is -2.01. The molecule has 1 aromatic carbocycles. The third kappa shape index (κ3) is 2.29. The summed E-state index contributed by atoms with van der Waals surface area (Å²) in [5.41, 5.74) is 5.63. The minimum absolute atomic E-state index is 0.629. The number of nitrogens with zero attached hydrogens (tertiary/aromatic N) is 6. The fraction of sp³-hybridized carbons (Fsp3) is 0.143. The van der Waals surface area contributed by atoms with Crippen LogP contribution in [0.2, 0.25) is 0 Å². The Balaban J connectivity index is 1.82. The van der Waals surface area contributed by atoms with Crippen LogP contribution in [0.4, 0.5) is 0 Å². The molecule has 0 bridgehead atoms. The maximum Gasteiger partial charge on any atom is 0.183 e. The monoisotopic (exact) mass is 370 g/mol. The van der Waals surface area contributed by atoms with Crippen molar-refractivity contribution < 1.29 is 4.74 Å². The fourth-order valence-electron chi connectivity index (χ4n) is 3.59. The molecule has 0 saturated carbocycles. The highest BCUT2D eigenvalue weighted by Crippen LogP contribution is 2.33. The zero-order valence-corrected chi connectivity index (χ0v) is 15.8. The second kappa shape index (κ2) is 6.16. The number of pyridine rings is 1. The Labute approximate surface area is 161 Å². The maximum atomic E-state index is 5.57. The second-order valence-corrected chi connectivity index (χ2v) is 6.61. The molecule has 7 nitrogen and oxygen atoms in total. The Hall–Kier alpha value is -3.74. The Bertz CT molecular complexity index is 1320. The van der Waals surface area contributed by atoms with Gasteiger partial charge in [-0.25, -0.2) is 14.5 Å². The first-order valence-corrected chi connectivity index (χ1v) is 8.96. The number of fused-ring (bicyclic) bond motifs is 3. The smallest absolute Gasteiger partial charge is 0.183 e. The van der Waals surface area contributed by atoms with Crippen molar-refractivity contribution >= 4 is 16.7 Å². The van der Waals surface area contributed by atoms with Gasteiger partial charge in [-0.3, -0.25) is 9.55 Å². The van der Waals surface area contributed by atoms with Gasteiger partial charge in [-0.05, 0) is 43.7 Å². The molecule has 138 valence electrons. The number of rotatable bonds is 3. The van der Waals surface area contributed by atoms with Gasteiger partial charge in [-0.15, -0.1) is 5.10 Å². The highest BCUT2D eigenvalue weighted by Gasteiger charge is 2.20. The van der Waals surface area contributed by atoms with Crippen LogP contribution in [0.15, 0.2) is 55.1 Å². The Morgan fingerprint density at radius 2 is 1.86 bits per heavy atom. The maximum absolute atomic E-state index is 5.57. The Kier molecular flexibility index (Phi) is 3.61. The molecule has 28 heavy (non-hydrogen) atoms. The molecule has 0 radical (unpaired) electrons. The molecule has 0 fully saturated rings. The largest absolute Gasteiger partial charge is 0.495 e. The van der Waals surface area contributed by atoms with E-state index in [2.05, 4.69) is 28.5 Å². The first-order valence-electron chi connectivity index (χ1n) is 8.96. The van der Waals surface area contributed by atoms with Crippen molar-refractivity contribution in [2.75, 3.05) is 7.11 Å². The summed E-state index contributed by atoms with van der Waals surface area (Å²) in [4.78, 5) is 13.7. The summed E-state index contributed by atoms with van der Waals surface area (Å²) in [7, 11) is 1.68. The van der Waals surface area contributed by atoms with Crippen LogP contribution in [0, 0.1) is 13.8 Å². The van der Waals surface area contributed by atoms with E-state index in [1.807, 2.05) is 36.4 Å². The molecular formula is C21H18N6O. The topological polar surface area (TPSA) is 70.1 Å². The van der Waals surface area contributed by atoms with Gasteiger partial charge >= 0.3 is 0 Å². The molecule has 4 heterocycles. The van der Waals surface area contributed by atoms with Crippen LogP contribution >= 0.6 is 0 Å². The number of hydrogen-bond donors (Lipinski definition) is 0. The standard InChI is InChI=1S/C21H18N6O/c1-13-14(2)27(16-8-4-5-9-17(16)28-3)20-18(13)21-24-19(25-26(21)12-23-20)15-7-6-10-22-11-15/h4-12H,1-3H3. The van der Waals surface area contributed by atoms with E-state index in [4.69, 9.17) is 14.7 Å². The van der Waals surface area contributed by atoms with Crippen LogP contribution in [-0.2, 0) is 0 Å². The van der Waals surface area contributed by atoms with E-state index in [0.29, 0.717) is 5.82 Å². The van der Waals surface area contributed by atoms with Crippen LogP contribution in [0.1, 0.15) is 11.3 Å². The molecule has 0 spiro atoms. The first kappa shape index (κ1) is 16.4. The summed E-state index contributed by atoms with van der Waals surface area (Å²) < 4.78 is 9.41. The Morgan fingerprint density at radius 1 is 1.00 bits per heavy atom. The summed E-state index contributed by atoms with van der Waals surface area (Å²) in [6.45, 7) is 4.17. The van der Waals surface area contributed by atoms with Crippen molar-refractivity contribution in [1.29, 1.82) is 0 Å². The van der Waals surface area contributed by atoms with Crippen molar-refractivity contribution in [2.24, 2.45) is 0 Å². The average Bonchev–Trinajstić information content (AvgIpc) is 3.28. The van der Waals surface area contributed by atoms with E-state index in [-0.39, 0.29) is 0 Å². The van der Waals surface area contributed by atoms with Gasteiger partial charge in [0.15, 0.2) is 17.1 Å². The van der Waals surface area contributed by atoms with Crippen LogP contribution in [0.25, 0.3) is 33.8 Å². The quantitative estimate of drug-likeness (QED) is 0.484. The van der Waals surface area contributed by atoms with Gasteiger partial charge < -0.3 is 4.74 Å². The highest BCUT2D eigenvalue weighted by molar-refractivity contribution is 5.95. The van der Waals surface area contributed by atoms with Gasteiger partial charge in [0.25, 0.3) is 0 Å². The van der Waals surface area contributed by atoms with Gasteiger partial charge in [0.05, 0.1) is 18.2 Å². The van der Waals surface area contributed by atoms with Gasteiger partial charge in [-0.2, -0.15) is 0 Å². The molecule has 0 unspecified atom stereocenters. The van der Waals surface area contributed by atoms with E-state index in [9.17, 15) is 0 Å². The number of ether oxygens (including phenoxy) is 1. The second-order valence-electron chi connectivity index (χ2n) is 6.61. The van der Waals surface area contributed by atoms with Crippen LogP contribution in [0.5, 0.6) is 5.75 Å². The molecule has 0 atom stereocenters. The lowest BCUT2D eigenvalue weighted by atomic mass is 10.2. The van der Waals surface area contributed by atoms with Gasteiger partial charge in [-0.1, -0.05) is 12.1 Å². The summed E-state index contributed by atoms with van der Waals surface area (Å²) in [5.74, 6) is 1.42. The SMILES string of the molecule is COc1ccccc1-n1c(C)c(C)c2c1ncn1nc(-c3cccnc3)nc21. The van der Waals surface area contributed by atoms with E-state index >= 15 is 0 Å². The van der Waals surface area contributed by atoms with Crippen molar-refractivity contribution in [3.8, 4) is 22.8 Å². The third-order valence-corrected chi connectivity index (χ3v) is 5.08. The lowest BCUT2D eigenvalue weighted by molar-refractivity contribution is 0.413. The number of aryl methyl sites for hydroxylation is 1. The number of aromatic nitrogens is 6. The fourth-order valence-corrected chi connectivity index (χ4v) is 3.59. The van der Waals surface area contributed by atoms with Gasteiger partial charge in [0, 0.05) is 23.7 Å². The molecule has 0 aliphatic rings. The third-order valence-electron chi connectivity index (χ3n) is 5.08. The van der Waals surface area contributed by atoms with Crippen LogP contribution in [0.3, 0.4) is 0 Å². The zero-order chi connectivity index (χ0) is 19.3. The minimum Gasteiger partial charge on any atom is -0.495 e. The van der Waals surface area contributed by atoms with Gasteiger partial charge in [0.1, 0.15) is 12.1 Å². The predicted octanol–water partition coefficient (Wildman–Crippen LogP) is 3.76. The van der Waals surface area contributed by atoms with E-state index in [1.165, 1.54) is 0 Å². The number of hydrogen-bond acceptors (Lipinski definition) is 5. The van der Waals surface area contributed by atoms with Gasteiger partial charge in [0.2, 0.25) is 0 Å². The molecule has 0 aliphatic heterocycles. The molecule has 0 N–H and O–H groups in total. The molecule has 5 rings (SSSR count). The van der Waals surface area contributed by atoms with E-state index in [0.717, 1.165) is 44.9 Å². The molecule has 0 saturated heterocycles. The molecule has 4 aromatic heterocycles. The summed E-state index contributed by atoms with van der Waals surface area (Å²) >= 11 is 0. The number of benzene rings is 1. The number of para-hydroxylation sites is 2. The van der Waals surface area contributed by atoms with Crippen molar-refractivity contribution in [3.05, 3.63) is 66.4 Å². The lowest BCUT2D eigenvalue weighted by Gasteiger charge is -2.12. The van der Waals surface area contributed by atoms with Crippen LogP contribution < -0.4 is 4.74 Å². The average molecular weight is 370 g/mol. The zero-order valence-electron chi connectivity index (χ0n) is 15.8. The molecular weight excluding hydrogens is 352 g/mol. The number of methoxy groups -OCH3 is 1. The summed E-state index contributed by atoms with van der Waals surface area (Å²) in [6, 6.07) is 11.8. The normalized spacial score (nSPS) is 11.4. The summed E-state index contributed by atoms with van der Waals surface area (Å²) in [6.07, 6.45) is 5.20. The van der Waals surface area contributed by atoms with Crippen molar-refractivity contribution in [3.63, 3.8) is 0 Å². The highest BCUT2D eigenvalue weighted by atomic mass is 16.5. The first-order chi connectivity index (χ1) is 13.7. The molecule has 5 aromatic rings. The Morgan fingerprint density at radius 3 is 2.64 bits per heavy atom. The molecule has 7 heteroatoms. The summed E-state index contributed by atoms with van der Waals surface area (Å²) in [5, 5.41) is 5.57. The molecule has 0 amide bonds.